The highest BCUT2D eigenvalue weighted by Gasteiger charge is 2.30. The SMILES string of the molecule is O=C(Nc1ccc(S(=O)(=O)N2CCOCC2)cc1)c1cc([N+](=O)[O-])c(Nc2ccccc2Cl)c([N+](=O)[O-])c1. The molecule has 1 fully saturated rings. The molecule has 3 aromatic rings. The first-order valence-electron chi connectivity index (χ1n) is 11.1. The monoisotopic (exact) mass is 561 g/mol. The number of hydrogen-bond donors (Lipinski definition) is 2. The molecule has 4 rings (SSSR count). The lowest BCUT2D eigenvalue weighted by atomic mass is 10.1. The minimum Gasteiger partial charge on any atom is -0.379 e. The molecule has 198 valence electrons. The molecule has 0 aromatic heterocycles. The number of ether oxygens (including phenoxy) is 1. The normalized spacial score (nSPS) is 14.0. The minimum absolute atomic E-state index is 0.0127. The lowest BCUT2D eigenvalue weighted by Gasteiger charge is -2.26. The Morgan fingerprint density at radius 2 is 1.53 bits per heavy atom. The molecular formula is C23H20ClN5O8S. The number of nitrogens with one attached hydrogen (secondary N) is 2. The van der Waals surface area contributed by atoms with Crippen LogP contribution in [0.25, 0.3) is 0 Å². The van der Waals surface area contributed by atoms with E-state index in [9.17, 15) is 33.4 Å². The van der Waals surface area contributed by atoms with Gasteiger partial charge in [0.2, 0.25) is 10.0 Å². The van der Waals surface area contributed by atoms with Crippen LogP contribution in [0.15, 0.2) is 65.6 Å². The number of amides is 1. The van der Waals surface area contributed by atoms with Crippen LogP contribution in [0.1, 0.15) is 10.4 Å². The van der Waals surface area contributed by atoms with Gasteiger partial charge in [-0.05, 0) is 36.4 Å². The van der Waals surface area contributed by atoms with Gasteiger partial charge >= 0.3 is 11.4 Å². The van der Waals surface area contributed by atoms with E-state index in [1.54, 1.807) is 12.1 Å². The van der Waals surface area contributed by atoms with Crippen molar-refractivity contribution in [1.82, 2.24) is 4.31 Å². The zero-order valence-electron chi connectivity index (χ0n) is 19.5. The Hall–Kier alpha value is -4.11. The van der Waals surface area contributed by atoms with Gasteiger partial charge in [-0.2, -0.15) is 4.31 Å². The van der Waals surface area contributed by atoms with Gasteiger partial charge in [0.15, 0.2) is 5.69 Å². The number of anilines is 3. The Morgan fingerprint density at radius 3 is 2.08 bits per heavy atom. The van der Waals surface area contributed by atoms with Crippen LogP contribution in [0.3, 0.4) is 0 Å². The lowest BCUT2D eigenvalue weighted by molar-refractivity contribution is -0.392. The first-order chi connectivity index (χ1) is 18.1. The van der Waals surface area contributed by atoms with Crippen molar-refractivity contribution < 1.29 is 27.8 Å². The first kappa shape index (κ1) is 26.9. The number of nitro benzene ring substituents is 2. The maximum atomic E-state index is 12.9. The number of sulfonamides is 1. The second kappa shape index (κ2) is 11.1. The van der Waals surface area contributed by atoms with Gasteiger partial charge < -0.3 is 15.4 Å². The van der Waals surface area contributed by atoms with Crippen LogP contribution in [0.4, 0.5) is 28.4 Å². The third-order valence-corrected chi connectivity index (χ3v) is 7.85. The molecule has 1 aliphatic heterocycles. The zero-order chi connectivity index (χ0) is 27.4. The molecule has 38 heavy (non-hydrogen) atoms. The largest absolute Gasteiger partial charge is 0.379 e. The van der Waals surface area contributed by atoms with E-state index in [1.165, 1.54) is 40.7 Å². The number of morpholine rings is 1. The van der Waals surface area contributed by atoms with Crippen LogP contribution < -0.4 is 10.6 Å². The van der Waals surface area contributed by atoms with Gasteiger partial charge in [0, 0.05) is 30.9 Å². The number of rotatable bonds is 8. The third kappa shape index (κ3) is 5.73. The van der Waals surface area contributed by atoms with Crippen molar-refractivity contribution in [2.24, 2.45) is 0 Å². The average Bonchev–Trinajstić information content (AvgIpc) is 2.90. The van der Waals surface area contributed by atoms with Gasteiger partial charge in [-0.15, -0.1) is 0 Å². The predicted octanol–water partition coefficient (Wildman–Crippen LogP) is 4.17. The van der Waals surface area contributed by atoms with E-state index >= 15 is 0 Å². The summed E-state index contributed by atoms with van der Waals surface area (Å²) in [6.45, 7) is 1.02. The number of nitrogens with zero attached hydrogens (tertiary/aromatic N) is 3. The molecule has 0 atom stereocenters. The first-order valence-corrected chi connectivity index (χ1v) is 12.9. The summed E-state index contributed by atoms with van der Waals surface area (Å²) in [5.41, 5.74) is -1.84. The van der Waals surface area contributed by atoms with Gasteiger partial charge in [-0.1, -0.05) is 23.7 Å². The maximum absolute atomic E-state index is 12.9. The van der Waals surface area contributed by atoms with Gasteiger partial charge in [0.1, 0.15) is 0 Å². The molecule has 0 spiro atoms. The number of halogens is 1. The zero-order valence-corrected chi connectivity index (χ0v) is 21.1. The van der Waals surface area contributed by atoms with Crippen LogP contribution in [0, 0.1) is 20.2 Å². The van der Waals surface area contributed by atoms with Crippen LogP contribution >= 0.6 is 11.6 Å². The van der Waals surface area contributed by atoms with Crippen molar-refractivity contribution in [3.8, 4) is 0 Å². The van der Waals surface area contributed by atoms with Crippen LogP contribution in [-0.4, -0.2) is 54.8 Å². The predicted molar refractivity (Wildman–Crippen MR) is 138 cm³/mol. The molecule has 13 nitrogen and oxygen atoms in total. The number of nitro groups is 2. The standard InChI is InChI=1S/C23H20ClN5O8S/c24-18-3-1-2-4-19(18)26-22-20(28(31)32)13-15(14-21(22)29(33)34)23(30)25-16-5-7-17(8-6-16)38(35,36)27-9-11-37-12-10-27/h1-8,13-14,26H,9-12H2,(H,25,30). The molecule has 0 bridgehead atoms. The van der Waals surface area contributed by atoms with Crippen molar-refractivity contribution in [2.75, 3.05) is 36.9 Å². The summed E-state index contributed by atoms with van der Waals surface area (Å²) < 4.78 is 32.0. The number of benzene rings is 3. The molecule has 1 aliphatic rings. The van der Waals surface area contributed by atoms with Crippen molar-refractivity contribution in [3.63, 3.8) is 0 Å². The van der Waals surface area contributed by atoms with E-state index in [1.807, 2.05) is 0 Å². The van der Waals surface area contributed by atoms with E-state index < -0.39 is 42.8 Å². The van der Waals surface area contributed by atoms with Crippen LogP contribution in [0.5, 0.6) is 0 Å². The van der Waals surface area contributed by atoms with E-state index in [2.05, 4.69) is 10.6 Å². The van der Waals surface area contributed by atoms with Gasteiger partial charge in [-0.25, -0.2) is 8.42 Å². The molecular weight excluding hydrogens is 542 g/mol. The van der Waals surface area contributed by atoms with Crippen molar-refractivity contribution >= 4 is 56.0 Å². The smallest absolute Gasteiger partial charge is 0.300 e. The Bertz CT molecular complexity index is 1470. The molecule has 0 saturated carbocycles. The Labute approximate surface area is 221 Å². The topological polar surface area (TPSA) is 174 Å². The van der Waals surface area contributed by atoms with Crippen molar-refractivity contribution in [2.45, 2.75) is 4.90 Å². The molecule has 15 heteroatoms. The number of carbonyl (C=O) groups excluding carboxylic acids is 1. The van der Waals surface area contributed by atoms with Crippen molar-refractivity contribution in [1.29, 1.82) is 0 Å². The summed E-state index contributed by atoms with van der Waals surface area (Å²) >= 11 is 6.08. The fourth-order valence-corrected chi connectivity index (χ4v) is 5.30. The van der Waals surface area contributed by atoms with Gasteiger partial charge in [0.25, 0.3) is 5.91 Å². The second-order valence-electron chi connectivity index (χ2n) is 8.00. The Morgan fingerprint density at radius 1 is 0.947 bits per heavy atom. The molecule has 0 aliphatic carbocycles. The van der Waals surface area contributed by atoms with E-state index in [-0.39, 0.29) is 39.9 Å². The summed E-state index contributed by atoms with van der Waals surface area (Å²) in [5.74, 6) is -0.871. The minimum atomic E-state index is -3.75. The summed E-state index contributed by atoms with van der Waals surface area (Å²) in [6.07, 6.45) is 0. The summed E-state index contributed by atoms with van der Waals surface area (Å²) in [6, 6.07) is 13.3. The van der Waals surface area contributed by atoms with E-state index in [0.29, 0.717) is 13.2 Å². The van der Waals surface area contributed by atoms with Gasteiger partial charge in [0.05, 0.1) is 44.2 Å². The highest BCUT2D eigenvalue weighted by atomic mass is 35.5. The Kier molecular flexibility index (Phi) is 7.87. The maximum Gasteiger partial charge on any atom is 0.300 e. The van der Waals surface area contributed by atoms with Crippen LogP contribution in [-0.2, 0) is 14.8 Å². The third-order valence-electron chi connectivity index (χ3n) is 5.61. The molecule has 1 heterocycles. The average molecular weight is 562 g/mol. The number of hydrogen-bond acceptors (Lipinski definition) is 9. The summed E-state index contributed by atoms with van der Waals surface area (Å²) in [5, 5.41) is 28.8. The highest BCUT2D eigenvalue weighted by molar-refractivity contribution is 7.89. The van der Waals surface area contributed by atoms with Crippen LogP contribution in [0.2, 0.25) is 5.02 Å². The van der Waals surface area contributed by atoms with Crippen molar-refractivity contribution in [3.05, 3.63) is 91.5 Å². The Balaban J connectivity index is 1.61. The quantitative estimate of drug-likeness (QED) is 0.302. The highest BCUT2D eigenvalue weighted by Crippen LogP contribution is 2.39. The lowest BCUT2D eigenvalue weighted by Crippen LogP contribution is -2.40. The second-order valence-corrected chi connectivity index (χ2v) is 10.3. The number of carbonyl (C=O) groups is 1. The van der Waals surface area contributed by atoms with Gasteiger partial charge in [-0.3, -0.25) is 25.0 Å². The molecule has 0 radical (unpaired) electrons. The fraction of sp³-hybridized carbons (Fsp3) is 0.174. The molecule has 1 saturated heterocycles. The fourth-order valence-electron chi connectivity index (χ4n) is 3.71. The molecule has 0 unspecified atom stereocenters. The molecule has 3 aromatic carbocycles. The molecule has 2 N–H and O–H groups in total. The summed E-state index contributed by atoms with van der Waals surface area (Å²) in [4.78, 5) is 34.7. The molecule has 1 amide bonds. The summed E-state index contributed by atoms with van der Waals surface area (Å²) in [7, 11) is -3.75. The van der Waals surface area contributed by atoms with E-state index in [4.69, 9.17) is 16.3 Å². The van der Waals surface area contributed by atoms with E-state index in [0.717, 1.165) is 12.1 Å². The number of para-hydroxylation sites is 1.